The van der Waals surface area contributed by atoms with E-state index >= 15 is 0 Å². The normalized spacial score (nSPS) is 24.4. The SMILES string of the molecule is C[C@H]1C[C@@H]1/C=C\c1cc(C(=O)NC2CCN[C@H]2Cc2cccc(Cl)c2)cc(N(C)S(C)(=O)=O)c1. The van der Waals surface area contributed by atoms with Crippen LogP contribution in [0.3, 0.4) is 0 Å². The molecular weight excluding hydrogens is 470 g/mol. The Morgan fingerprint density at radius 2 is 2.03 bits per heavy atom. The number of hydrogen-bond acceptors (Lipinski definition) is 4. The van der Waals surface area contributed by atoms with Crippen molar-refractivity contribution >= 4 is 39.3 Å². The molecule has 0 bridgehead atoms. The standard InChI is InChI=1S/C26H32ClN3O3S/c1-17-11-20(17)8-7-19-12-21(16-23(14-19)30(2)34(3,32)33)26(31)29-24-9-10-28-25(24)15-18-5-4-6-22(27)13-18/h4-8,12-14,16-17,20,24-25,28H,9-11,15H2,1-3H3,(H,29,31)/b8-7-/t17-,20-,24?,25-/m0/s1. The van der Waals surface area contributed by atoms with Crippen LogP contribution in [-0.2, 0) is 16.4 Å². The highest BCUT2D eigenvalue weighted by Gasteiger charge is 2.30. The average Bonchev–Trinajstić information content (AvgIpc) is 3.33. The molecule has 1 saturated heterocycles. The van der Waals surface area contributed by atoms with Crippen LogP contribution in [0.4, 0.5) is 5.69 Å². The third kappa shape index (κ3) is 6.20. The van der Waals surface area contributed by atoms with E-state index in [1.54, 1.807) is 12.1 Å². The maximum absolute atomic E-state index is 13.3. The third-order valence-electron chi connectivity index (χ3n) is 6.78. The van der Waals surface area contributed by atoms with E-state index in [-0.39, 0.29) is 18.0 Å². The van der Waals surface area contributed by atoms with Gasteiger partial charge in [-0.15, -0.1) is 0 Å². The number of amides is 1. The Labute approximate surface area is 207 Å². The van der Waals surface area contributed by atoms with Crippen molar-refractivity contribution in [2.24, 2.45) is 11.8 Å². The summed E-state index contributed by atoms with van der Waals surface area (Å²) in [5.74, 6) is 1.01. The molecule has 2 aromatic carbocycles. The van der Waals surface area contributed by atoms with Crippen LogP contribution in [0.25, 0.3) is 6.08 Å². The highest BCUT2D eigenvalue weighted by molar-refractivity contribution is 7.92. The number of carbonyl (C=O) groups excluding carboxylic acids is 1. The van der Waals surface area contributed by atoms with Crippen molar-refractivity contribution < 1.29 is 13.2 Å². The second-order valence-electron chi connectivity index (χ2n) is 9.54. The molecular formula is C26H32ClN3O3S. The Kier molecular flexibility index (Phi) is 7.36. The zero-order chi connectivity index (χ0) is 24.5. The third-order valence-corrected chi connectivity index (χ3v) is 8.22. The summed E-state index contributed by atoms with van der Waals surface area (Å²) in [5, 5.41) is 7.35. The van der Waals surface area contributed by atoms with Crippen molar-refractivity contribution in [1.29, 1.82) is 0 Å². The molecule has 1 unspecified atom stereocenters. The molecule has 2 aliphatic rings. The lowest BCUT2D eigenvalue weighted by atomic mass is 10.00. The van der Waals surface area contributed by atoms with E-state index in [2.05, 4.69) is 23.6 Å². The fourth-order valence-corrected chi connectivity index (χ4v) is 5.11. The first-order valence-corrected chi connectivity index (χ1v) is 13.9. The number of anilines is 1. The van der Waals surface area contributed by atoms with E-state index in [1.807, 2.05) is 36.4 Å². The predicted octanol–water partition coefficient (Wildman–Crippen LogP) is 4.11. The summed E-state index contributed by atoms with van der Waals surface area (Å²) < 4.78 is 25.5. The Morgan fingerprint density at radius 1 is 1.26 bits per heavy atom. The molecule has 4 atom stereocenters. The van der Waals surface area contributed by atoms with Crippen molar-refractivity contribution in [3.8, 4) is 0 Å². The molecule has 4 rings (SSSR count). The molecule has 182 valence electrons. The lowest BCUT2D eigenvalue weighted by molar-refractivity contribution is 0.0933. The van der Waals surface area contributed by atoms with Gasteiger partial charge in [0, 0.05) is 29.7 Å². The molecule has 1 aliphatic heterocycles. The Balaban J connectivity index is 1.54. The van der Waals surface area contributed by atoms with Crippen LogP contribution in [0.5, 0.6) is 0 Å². The van der Waals surface area contributed by atoms with Crippen molar-refractivity contribution in [2.75, 3.05) is 24.2 Å². The topological polar surface area (TPSA) is 78.5 Å². The molecule has 0 aromatic heterocycles. The van der Waals surface area contributed by atoms with Gasteiger partial charge in [0.25, 0.3) is 5.91 Å². The van der Waals surface area contributed by atoms with Gasteiger partial charge in [-0.2, -0.15) is 0 Å². The first-order valence-electron chi connectivity index (χ1n) is 11.7. The first kappa shape index (κ1) is 24.8. The quantitative estimate of drug-likeness (QED) is 0.570. The Bertz CT molecular complexity index is 1200. The maximum atomic E-state index is 13.3. The van der Waals surface area contributed by atoms with E-state index in [1.165, 1.54) is 11.4 Å². The van der Waals surface area contributed by atoms with Gasteiger partial charge in [-0.1, -0.05) is 42.8 Å². The molecule has 0 radical (unpaired) electrons. The number of nitrogens with one attached hydrogen (secondary N) is 2. The number of nitrogens with zero attached hydrogens (tertiary/aromatic N) is 1. The number of hydrogen-bond donors (Lipinski definition) is 2. The summed E-state index contributed by atoms with van der Waals surface area (Å²) >= 11 is 6.13. The summed E-state index contributed by atoms with van der Waals surface area (Å²) in [6, 6.07) is 13.1. The smallest absolute Gasteiger partial charge is 0.251 e. The number of carbonyl (C=O) groups is 1. The van der Waals surface area contributed by atoms with Crippen LogP contribution in [0, 0.1) is 11.8 Å². The van der Waals surface area contributed by atoms with Gasteiger partial charge in [0.15, 0.2) is 0 Å². The van der Waals surface area contributed by atoms with Gasteiger partial charge in [0.05, 0.1) is 11.9 Å². The van der Waals surface area contributed by atoms with Gasteiger partial charge in [-0.05, 0) is 79.1 Å². The minimum atomic E-state index is -3.46. The molecule has 1 heterocycles. The van der Waals surface area contributed by atoms with Gasteiger partial charge in [-0.25, -0.2) is 8.42 Å². The van der Waals surface area contributed by atoms with E-state index in [0.717, 1.165) is 43.2 Å². The number of rotatable bonds is 8. The van der Waals surface area contributed by atoms with E-state index in [4.69, 9.17) is 11.6 Å². The van der Waals surface area contributed by atoms with Gasteiger partial charge in [0.2, 0.25) is 10.0 Å². The van der Waals surface area contributed by atoms with Crippen molar-refractivity contribution in [3.05, 3.63) is 70.3 Å². The summed E-state index contributed by atoms with van der Waals surface area (Å²) in [4.78, 5) is 13.3. The minimum absolute atomic E-state index is 0.0333. The van der Waals surface area contributed by atoms with Gasteiger partial charge >= 0.3 is 0 Å². The second kappa shape index (κ2) is 10.1. The highest BCUT2D eigenvalue weighted by Crippen LogP contribution is 2.39. The predicted molar refractivity (Wildman–Crippen MR) is 139 cm³/mol. The van der Waals surface area contributed by atoms with Crippen LogP contribution in [0.1, 0.15) is 41.3 Å². The number of halogens is 1. The van der Waals surface area contributed by atoms with Crippen LogP contribution >= 0.6 is 11.6 Å². The van der Waals surface area contributed by atoms with Crippen molar-refractivity contribution in [2.45, 2.75) is 38.3 Å². The minimum Gasteiger partial charge on any atom is -0.348 e. The Morgan fingerprint density at radius 3 is 2.71 bits per heavy atom. The molecule has 2 aromatic rings. The highest BCUT2D eigenvalue weighted by atomic mass is 35.5. The molecule has 2 N–H and O–H groups in total. The Hall–Kier alpha value is -2.35. The largest absolute Gasteiger partial charge is 0.348 e. The maximum Gasteiger partial charge on any atom is 0.251 e. The molecule has 1 amide bonds. The van der Waals surface area contributed by atoms with E-state index < -0.39 is 10.0 Å². The first-order chi connectivity index (χ1) is 16.1. The molecule has 1 saturated carbocycles. The van der Waals surface area contributed by atoms with E-state index in [0.29, 0.717) is 28.1 Å². The van der Waals surface area contributed by atoms with Crippen LogP contribution < -0.4 is 14.9 Å². The molecule has 0 spiro atoms. The summed E-state index contributed by atoms with van der Waals surface area (Å²) in [7, 11) is -1.95. The van der Waals surface area contributed by atoms with Crippen LogP contribution in [0.2, 0.25) is 5.02 Å². The van der Waals surface area contributed by atoms with Gasteiger partial charge in [0.1, 0.15) is 0 Å². The zero-order valence-electron chi connectivity index (χ0n) is 19.8. The summed E-state index contributed by atoms with van der Waals surface area (Å²) in [6.07, 6.45) is 8.04. The van der Waals surface area contributed by atoms with Crippen molar-refractivity contribution in [1.82, 2.24) is 10.6 Å². The molecule has 34 heavy (non-hydrogen) atoms. The summed E-state index contributed by atoms with van der Waals surface area (Å²) in [5.41, 5.74) is 2.85. The zero-order valence-corrected chi connectivity index (χ0v) is 21.4. The van der Waals surface area contributed by atoms with Crippen LogP contribution in [0.15, 0.2) is 48.5 Å². The van der Waals surface area contributed by atoms with Gasteiger partial charge in [-0.3, -0.25) is 9.10 Å². The number of allylic oxidation sites excluding steroid dienone is 1. The number of sulfonamides is 1. The van der Waals surface area contributed by atoms with Crippen LogP contribution in [-0.4, -0.2) is 46.3 Å². The fourth-order valence-electron chi connectivity index (χ4n) is 4.41. The lowest BCUT2D eigenvalue weighted by Crippen LogP contribution is -2.44. The molecule has 8 heteroatoms. The van der Waals surface area contributed by atoms with Gasteiger partial charge < -0.3 is 10.6 Å². The average molecular weight is 502 g/mol. The monoisotopic (exact) mass is 501 g/mol. The fraction of sp³-hybridized carbons (Fsp3) is 0.423. The molecule has 1 aliphatic carbocycles. The van der Waals surface area contributed by atoms with Crippen molar-refractivity contribution in [3.63, 3.8) is 0 Å². The molecule has 6 nitrogen and oxygen atoms in total. The molecule has 2 fully saturated rings. The second-order valence-corrected chi connectivity index (χ2v) is 12.0. The summed E-state index contributed by atoms with van der Waals surface area (Å²) in [6.45, 7) is 3.03. The van der Waals surface area contributed by atoms with E-state index in [9.17, 15) is 13.2 Å². The number of benzene rings is 2. The lowest BCUT2D eigenvalue weighted by Gasteiger charge is -2.22.